The van der Waals surface area contributed by atoms with Crippen LogP contribution in [-0.2, 0) is 10.0 Å². The molecule has 1 rings (SSSR count). The summed E-state index contributed by atoms with van der Waals surface area (Å²) in [6, 6.07) is 3.60. The molecule has 7 heteroatoms. The van der Waals surface area contributed by atoms with Crippen molar-refractivity contribution in [2.45, 2.75) is 4.90 Å². The first-order valence-corrected chi connectivity index (χ1v) is 6.93. The number of hydrogen-bond donors (Lipinski definition) is 2. The molecule has 0 aliphatic heterocycles. The largest absolute Gasteiger partial charge is 0.395 e. The maximum Gasteiger partial charge on any atom is 0.245 e. The summed E-state index contributed by atoms with van der Waals surface area (Å²) in [5.41, 5.74) is 5.55. The number of nitrogens with two attached hydrogens (primary N) is 1. The number of sulfonamides is 1. The fourth-order valence-corrected chi connectivity index (χ4v) is 2.57. The summed E-state index contributed by atoms with van der Waals surface area (Å²) in [6.45, 7) is -0.297. The van der Waals surface area contributed by atoms with Crippen LogP contribution in [0, 0.1) is 17.7 Å². The third-order valence-electron chi connectivity index (χ3n) is 2.37. The Hall–Kier alpha value is -1.46. The van der Waals surface area contributed by atoms with Crippen LogP contribution >= 0.6 is 0 Å². The standard InChI is InChI=1S/C12H15FN2O3S/c1-15(7-8-16)19(17,18)12-5-4-10(3-2-6-14)9-11(12)13/h4-5,9,16H,6-8,14H2,1H3. The van der Waals surface area contributed by atoms with E-state index in [-0.39, 0.29) is 19.7 Å². The molecular formula is C12H15FN2O3S. The maximum atomic E-state index is 13.8. The van der Waals surface area contributed by atoms with Gasteiger partial charge in [-0.05, 0) is 18.2 Å². The molecule has 0 saturated carbocycles. The number of aliphatic hydroxyl groups excluding tert-OH is 1. The van der Waals surface area contributed by atoms with Gasteiger partial charge in [0.15, 0.2) is 0 Å². The van der Waals surface area contributed by atoms with Crippen molar-refractivity contribution < 1.29 is 17.9 Å². The summed E-state index contributed by atoms with van der Waals surface area (Å²) in [5, 5.41) is 8.73. The normalized spacial score (nSPS) is 11.2. The molecule has 0 unspecified atom stereocenters. The van der Waals surface area contributed by atoms with Crippen LogP contribution < -0.4 is 5.73 Å². The number of rotatable bonds is 4. The molecule has 0 fully saturated rings. The molecule has 0 heterocycles. The quantitative estimate of drug-likeness (QED) is 0.748. The molecule has 0 aliphatic rings. The Morgan fingerprint density at radius 2 is 2.16 bits per heavy atom. The maximum absolute atomic E-state index is 13.8. The van der Waals surface area contributed by atoms with Crippen molar-refractivity contribution in [3.8, 4) is 11.8 Å². The van der Waals surface area contributed by atoms with E-state index >= 15 is 0 Å². The van der Waals surface area contributed by atoms with Gasteiger partial charge in [0.2, 0.25) is 10.0 Å². The van der Waals surface area contributed by atoms with Crippen molar-refractivity contribution in [3.05, 3.63) is 29.6 Å². The van der Waals surface area contributed by atoms with Crippen LogP contribution in [0.2, 0.25) is 0 Å². The number of benzene rings is 1. The lowest BCUT2D eigenvalue weighted by Gasteiger charge is -2.16. The summed E-state index contributed by atoms with van der Waals surface area (Å²) in [7, 11) is -2.67. The van der Waals surface area contributed by atoms with Crippen LogP contribution in [-0.4, -0.2) is 44.6 Å². The first kappa shape index (κ1) is 15.6. The van der Waals surface area contributed by atoms with Gasteiger partial charge in [0.05, 0.1) is 13.2 Å². The molecule has 0 radical (unpaired) electrons. The van der Waals surface area contributed by atoms with Gasteiger partial charge in [-0.1, -0.05) is 11.8 Å². The van der Waals surface area contributed by atoms with Gasteiger partial charge in [-0.25, -0.2) is 12.8 Å². The molecule has 0 saturated heterocycles. The molecule has 3 N–H and O–H groups in total. The van der Waals surface area contributed by atoms with Crippen molar-refractivity contribution >= 4 is 10.0 Å². The van der Waals surface area contributed by atoms with Gasteiger partial charge in [0.25, 0.3) is 0 Å². The van der Waals surface area contributed by atoms with E-state index in [0.717, 1.165) is 16.4 Å². The van der Waals surface area contributed by atoms with E-state index in [1.807, 2.05) is 0 Å². The van der Waals surface area contributed by atoms with E-state index in [1.165, 1.54) is 13.1 Å². The predicted molar refractivity (Wildman–Crippen MR) is 69.2 cm³/mol. The third-order valence-corrected chi connectivity index (χ3v) is 4.26. The van der Waals surface area contributed by atoms with E-state index < -0.39 is 20.7 Å². The second kappa shape index (κ2) is 6.63. The first-order chi connectivity index (χ1) is 8.93. The number of hydrogen-bond acceptors (Lipinski definition) is 4. The lowest BCUT2D eigenvalue weighted by molar-refractivity contribution is 0.266. The van der Waals surface area contributed by atoms with Crippen molar-refractivity contribution in [2.75, 3.05) is 26.7 Å². The fourth-order valence-electron chi connectivity index (χ4n) is 1.37. The van der Waals surface area contributed by atoms with Gasteiger partial charge in [0.1, 0.15) is 10.7 Å². The van der Waals surface area contributed by atoms with E-state index in [0.29, 0.717) is 5.56 Å². The smallest absolute Gasteiger partial charge is 0.245 e. The number of halogens is 1. The Balaban J connectivity index is 3.16. The molecule has 0 amide bonds. The van der Waals surface area contributed by atoms with Crippen LogP contribution in [0.4, 0.5) is 4.39 Å². The molecule has 5 nitrogen and oxygen atoms in total. The van der Waals surface area contributed by atoms with Gasteiger partial charge in [-0.3, -0.25) is 0 Å². The minimum atomic E-state index is -3.94. The SMILES string of the molecule is CN(CCO)S(=O)(=O)c1ccc(C#CCN)cc1F. The van der Waals surface area contributed by atoms with Crippen molar-refractivity contribution in [1.29, 1.82) is 0 Å². The number of likely N-dealkylation sites (N-methyl/N-ethyl adjacent to an activating group) is 1. The Labute approximate surface area is 111 Å². The van der Waals surface area contributed by atoms with E-state index in [4.69, 9.17) is 10.8 Å². The highest BCUT2D eigenvalue weighted by molar-refractivity contribution is 7.89. The van der Waals surface area contributed by atoms with Crippen LogP contribution in [0.25, 0.3) is 0 Å². The fraction of sp³-hybridized carbons (Fsp3) is 0.333. The lowest BCUT2D eigenvalue weighted by atomic mass is 10.2. The molecular weight excluding hydrogens is 271 g/mol. The molecule has 104 valence electrons. The highest BCUT2D eigenvalue weighted by Crippen LogP contribution is 2.19. The summed E-state index contributed by atoms with van der Waals surface area (Å²) in [5.74, 6) is 4.29. The van der Waals surface area contributed by atoms with Crippen molar-refractivity contribution in [3.63, 3.8) is 0 Å². The molecule has 0 atom stereocenters. The van der Waals surface area contributed by atoms with Crippen LogP contribution in [0.3, 0.4) is 0 Å². The monoisotopic (exact) mass is 286 g/mol. The van der Waals surface area contributed by atoms with Gasteiger partial charge < -0.3 is 10.8 Å². The Bertz CT molecular complexity index is 605. The molecule has 0 bridgehead atoms. The second-order valence-electron chi connectivity index (χ2n) is 3.70. The predicted octanol–water partition coefficient (Wildman–Crippen LogP) is -0.251. The average Bonchev–Trinajstić information content (AvgIpc) is 2.36. The Morgan fingerprint density at radius 3 is 2.68 bits per heavy atom. The first-order valence-electron chi connectivity index (χ1n) is 5.49. The molecule has 1 aromatic carbocycles. The minimum Gasteiger partial charge on any atom is -0.395 e. The van der Waals surface area contributed by atoms with Gasteiger partial charge in [-0.15, -0.1) is 0 Å². The van der Waals surface area contributed by atoms with Gasteiger partial charge in [0, 0.05) is 19.2 Å². The molecule has 0 spiro atoms. The second-order valence-corrected chi connectivity index (χ2v) is 5.71. The molecule has 0 aromatic heterocycles. The average molecular weight is 286 g/mol. The third kappa shape index (κ3) is 3.75. The van der Waals surface area contributed by atoms with Gasteiger partial charge >= 0.3 is 0 Å². The molecule has 0 aliphatic carbocycles. The van der Waals surface area contributed by atoms with Crippen LogP contribution in [0.5, 0.6) is 0 Å². The zero-order valence-corrected chi connectivity index (χ0v) is 11.2. The van der Waals surface area contributed by atoms with Crippen LogP contribution in [0.1, 0.15) is 5.56 Å². The lowest BCUT2D eigenvalue weighted by Crippen LogP contribution is -2.30. The summed E-state index contributed by atoms with van der Waals surface area (Å²) in [4.78, 5) is -0.443. The zero-order valence-electron chi connectivity index (χ0n) is 10.4. The Kier molecular flexibility index (Phi) is 5.44. The number of nitrogens with zero attached hydrogens (tertiary/aromatic N) is 1. The highest BCUT2D eigenvalue weighted by Gasteiger charge is 2.23. The van der Waals surface area contributed by atoms with Crippen molar-refractivity contribution in [2.24, 2.45) is 5.73 Å². The van der Waals surface area contributed by atoms with Crippen LogP contribution in [0.15, 0.2) is 23.1 Å². The molecule has 19 heavy (non-hydrogen) atoms. The summed E-state index contributed by atoms with van der Waals surface area (Å²) >= 11 is 0. The zero-order chi connectivity index (χ0) is 14.5. The molecule has 1 aromatic rings. The minimum absolute atomic E-state index is 0.101. The van der Waals surface area contributed by atoms with E-state index in [1.54, 1.807) is 0 Å². The topological polar surface area (TPSA) is 83.6 Å². The Morgan fingerprint density at radius 1 is 1.47 bits per heavy atom. The van der Waals surface area contributed by atoms with E-state index in [2.05, 4.69) is 11.8 Å². The highest BCUT2D eigenvalue weighted by atomic mass is 32.2. The summed E-state index contributed by atoms with van der Waals surface area (Å²) in [6.07, 6.45) is 0. The number of aliphatic hydroxyl groups is 1. The van der Waals surface area contributed by atoms with Gasteiger partial charge in [-0.2, -0.15) is 4.31 Å². The summed E-state index contributed by atoms with van der Waals surface area (Å²) < 4.78 is 38.7. The van der Waals surface area contributed by atoms with Crippen molar-refractivity contribution in [1.82, 2.24) is 4.31 Å². The van der Waals surface area contributed by atoms with E-state index in [9.17, 15) is 12.8 Å².